The van der Waals surface area contributed by atoms with Gasteiger partial charge in [0.15, 0.2) is 18.9 Å². The molecule has 12 N–H and O–H groups in total. The molecule has 3 aliphatic heterocycles. The van der Waals surface area contributed by atoms with Crippen molar-refractivity contribution in [1.29, 1.82) is 0 Å². The van der Waals surface area contributed by atoms with Crippen LogP contribution in [-0.4, -0.2) is 193 Å². The minimum Gasteiger partial charge on any atom is -0.394 e. The second-order valence-corrected chi connectivity index (χ2v) is 24.7. The quantitative estimate of drug-likeness (QED) is 0.0202. The Kier molecular flexibility index (Phi) is 44.2. The van der Waals surface area contributed by atoms with Crippen LogP contribution in [0.3, 0.4) is 0 Å². The van der Waals surface area contributed by atoms with Gasteiger partial charge in [0, 0.05) is 6.42 Å². The number of amides is 1. The van der Waals surface area contributed by atoms with Gasteiger partial charge in [-0.15, -0.1) is 0 Å². The van der Waals surface area contributed by atoms with Crippen LogP contribution < -0.4 is 5.32 Å². The molecule has 496 valence electrons. The van der Waals surface area contributed by atoms with Crippen molar-refractivity contribution in [2.45, 2.75) is 369 Å². The Labute approximate surface area is 506 Å². The minimum atomic E-state index is -1.97. The third-order valence-electron chi connectivity index (χ3n) is 17.3. The number of allylic oxidation sites excluding steroid dienone is 1. The van der Waals surface area contributed by atoms with E-state index in [1.807, 2.05) is 6.08 Å². The molecule has 3 rings (SSSR count). The highest BCUT2D eigenvalue weighted by molar-refractivity contribution is 5.76. The normalized spacial score (nSPS) is 29.2. The molecule has 0 bridgehead atoms. The van der Waals surface area contributed by atoms with E-state index in [0.29, 0.717) is 6.42 Å². The Morgan fingerprint density at radius 2 is 0.738 bits per heavy atom. The van der Waals surface area contributed by atoms with E-state index in [0.717, 1.165) is 44.9 Å². The fourth-order valence-electron chi connectivity index (χ4n) is 11.8. The number of unbranched alkanes of at least 4 members (excludes halogenated alkanes) is 36. The Balaban J connectivity index is 1.43. The zero-order valence-electron chi connectivity index (χ0n) is 52.2. The Morgan fingerprint density at radius 3 is 1.12 bits per heavy atom. The van der Waals surface area contributed by atoms with E-state index in [4.69, 9.17) is 28.4 Å². The molecule has 0 aromatic heterocycles. The van der Waals surface area contributed by atoms with Crippen LogP contribution in [0.1, 0.15) is 264 Å². The number of rotatable bonds is 52. The Bertz CT molecular complexity index is 1580. The fourth-order valence-corrected chi connectivity index (χ4v) is 11.8. The average Bonchev–Trinajstić information content (AvgIpc) is 2.99. The first-order valence-electron chi connectivity index (χ1n) is 33.9. The highest BCUT2D eigenvalue weighted by Gasteiger charge is 2.53. The van der Waals surface area contributed by atoms with Crippen molar-refractivity contribution in [3.8, 4) is 0 Å². The van der Waals surface area contributed by atoms with E-state index < -0.39 is 124 Å². The van der Waals surface area contributed by atoms with Crippen LogP contribution in [0.4, 0.5) is 0 Å². The first-order chi connectivity index (χ1) is 40.8. The summed E-state index contributed by atoms with van der Waals surface area (Å²) in [5.41, 5.74) is 0. The fraction of sp³-hybridized carbons (Fsp3) is 0.954. The number of carbonyl (C=O) groups excluding carboxylic acids is 1. The van der Waals surface area contributed by atoms with Crippen LogP contribution in [0.25, 0.3) is 0 Å². The highest BCUT2D eigenvalue weighted by Crippen LogP contribution is 2.33. The van der Waals surface area contributed by atoms with Crippen LogP contribution in [-0.2, 0) is 33.2 Å². The predicted molar refractivity (Wildman–Crippen MR) is 323 cm³/mol. The van der Waals surface area contributed by atoms with Crippen molar-refractivity contribution in [1.82, 2.24) is 5.32 Å². The van der Waals surface area contributed by atoms with Crippen molar-refractivity contribution >= 4 is 5.91 Å². The van der Waals surface area contributed by atoms with Crippen molar-refractivity contribution in [3.05, 3.63) is 12.2 Å². The van der Waals surface area contributed by atoms with Crippen LogP contribution in [0.2, 0.25) is 0 Å². The molecule has 3 saturated heterocycles. The number of ether oxygens (including phenoxy) is 6. The van der Waals surface area contributed by atoms with Crippen LogP contribution >= 0.6 is 0 Å². The van der Waals surface area contributed by atoms with E-state index >= 15 is 0 Å². The summed E-state index contributed by atoms with van der Waals surface area (Å²) in [4.78, 5) is 13.4. The topological polar surface area (TPSA) is 307 Å². The Morgan fingerprint density at radius 1 is 0.417 bits per heavy atom. The van der Waals surface area contributed by atoms with Gasteiger partial charge in [-0.3, -0.25) is 4.79 Å². The molecule has 0 aromatic rings. The largest absolute Gasteiger partial charge is 0.394 e. The summed E-state index contributed by atoms with van der Waals surface area (Å²) in [5, 5.41) is 120. The van der Waals surface area contributed by atoms with Crippen molar-refractivity contribution in [3.63, 3.8) is 0 Å². The third-order valence-corrected chi connectivity index (χ3v) is 17.3. The molecular weight excluding hydrogens is 1080 g/mol. The van der Waals surface area contributed by atoms with Gasteiger partial charge in [-0.2, -0.15) is 0 Å². The maximum absolute atomic E-state index is 13.4. The molecular formula is C65H123NO18. The molecule has 1 amide bonds. The summed E-state index contributed by atoms with van der Waals surface area (Å²) in [7, 11) is 0. The van der Waals surface area contributed by atoms with Crippen molar-refractivity contribution in [2.24, 2.45) is 0 Å². The number of aliphatic hydroxyl groups is 11. The molecule has 3 aliphatic rings. The minimum absolute atomic E-state index is 0.250. The summed E-state index contributed by atoms with van der Waals surface area (Å²) in [6.45, 7) is 1.76. The molecule has 0 aliphatic carbocycles. The van der Waals surface area contributed by atoms with Gasteiger partial charge in [0.2, 0.25) is 5.91 Å². The van der Waals surface area contributed by atoms with E-state index in [1.165, 1.54) is 193 Å². The molecule has 17 atom stereocenters. The molecule has 3 fully saturated rings. The van der Waals surface area contributed by atoms with E-state index in [-0.39, 0.29) is 18.9 Å². The lowest BCUT2D eigenvalue weighted by Crippen LogP contribution is -2.66. The number of aliphatic hydroxyl groups excluding tert-OH is 11. The molecule has 19 nitrogen and oxygen atoms in total. The van der Waals surface area contributed by atoms with Gasteiger partial charge in [0.05, 0.1) is 38.6 Å². The molecule has 3 heterocycles. The molecule has 0 aromatic carbocycles. The summed E-state index contributed by atoms with van der Waals surface area (Å²) < 4.78 is 34.3. The van der Waals surface area contributed by atoms with Gasteiger partial charge in [-0.05, 0) is 19.3 Å². The van der Waals surface area contributed by atoms with E-state index in [1.54, 1.807) is 6.08 Å². The van der Waals surface area contributed by atoms with Gasteiger partial charge >= 0.3 is 0 Å². The van der Waals surface area contributed by atoms with Crippen LogP contribution in [0, 0.1) is 0 Å². The molecule has 17 unspecified atom stereocenters. The molecule has 0 radical (unpaired) electrons. The van der Waals surface area contributed by atoms with E-state index in [2.05, 4.69) is 19.2 Å². The summed E-state index contributed by atoms with van der Waals surface area (Å²) >= 11 is 0. The zero-order valence-corrected chi connectivity index (χ0v) is 52.2. The smallest absolute Gasteiger partial charge is 0.220 e. The zero-order chi connectivity index (χ0) is 61.2. The molecule has 0 spiro atoms. The summed E-state index contributed by atoms with van der Waals surface area (Å²) in [6.07, 6.45) is 24.8. The van der Waals surface area contributed by atoms with Gasteiger partial charge in [-0.25, -0.2) is 0 Å². The number of hydrogen-bond acceptors (Lipinski definition) is 18. The first-order valence-corrected chi connectivity index (χ1v) is 33.9. The van der Waals surface area contributed by atoms with Gasteiger partial charge < -0.3 is 89.9 Å². The monoisotopic (exact) mass is 1210 g/mol. The molecule has 84 heavy (non-hydrogen) atoms. The average molecular weight is 1210 g/mol. The van der Waals surface area contributed by atoms with Crippen LogP contribution in [0.15, 0.2) is 12.2 Å². The van der Waals surface area contributed by atoms with Gasteiger partial charge in [-0.1, -0.05) is 251 Å². The van der Waals surface area contributed by atoms with Gasteiger partial charge in [0.25, 0.3) is 0 Å². The number of nitrogens with one attached hydrogen (secondary N) is 1. The highest BCUT2D eigenvalue weighted by atomic mass is 16.8. The van der Waals surface area contributed by atoms with Crippen molar-refractivity contribution in [2.75, 3.05) is 26.4 Å². The maximum Gasteiger partial charge on any atom is 0.220 e. The Hall–Kier alpha value is -1.47. The summed E-state index contributed by atoms with van der Waals surface area (Å²) in [6, 6.07) is -0.968. The number of carbonyl (C=O) groups is 1. The van der Waals surface area contributed by atoms with Crippen LogP contribution in [0.5, 0.6) is 0 Å². The van der Waals surface area contributed by atoms with E-state index in [9.17, 15) is 61.0 Å². The molecule has 19 heteroatoms. The third kappa shape index (κ3) is 30.8. The second-order valence-electron chi connectivity index (χ2n) is 24.7. The lowest BCUT2D eigenvalue weighted by molar-refractivity contribution is -0.379. The lowest BCUT2D eigenvalue weighted by Gasteiger charge is -2.48. The second kappa shape index (κ2) is 48.4. The van der Waals surface area contributed by atoms with Gasteiger partial charge in [0.1, 0.15) is 73.2 Å². The first kappa shape index (κ1) is 76.8. The predicted octanol–water partition coefficient (Wildman–Crippen LogP) is 8.11. The lowest BCUT2D eigenvalue weighted by atomic mass is 9.96. The molecule has 0 saturated carbocycles. The SMILES string of the molecule is CCCCCCCCCCCCCCC/C=C/C(O)C(COC1OC(CO)C(OC2OC(CO)C(OC3OC(CO)C(O)C(O)C3O)C(O)C2O)C(O)C1O)NC(=O)CCCCCCCCCCCCCCCCCCCCCCCCCC. The number of hydrogen-bond donors (Lipinski definition) is 12. The summed E-state index contributed by atoms with van der Waals surface area (Å²) in [5.74, 6) is -0.270. The van der Waals surface area contributed by atoms with Crippen molar-refractivity contribution < 1.29 is 89.4 Å². The maximum atomic E-state index is 13.4. The standard InChI is InChI=1S/C65H123NO18/c1-3-5-7-9-11-13-15-17-19-20-21-22-23-24-25-26-27-29-31-33-35-37-39-41-43-53(71)66-48(49(70)42-40-38-36-34-32-30-28-18-16-14-12-10-8-6-4-2)47-79-63-59(77)56(74)61(51(45-68)81-63)84-65-60(78)57(75)62(52(46-69)82-65)83-64-58(76)55(73)54(72)50(44-67)80-64/h40,42,48-52,54-65,67-70,72-78H,3-39,41,43-47H2,1-2H3,(H,66,71)/b42-40+.